The summed E-state index contributed by atoms with van der Waals surface area (Å²) in [5.41, 5.74) is 1.05. The summed E-state index contributed by atoms with van der Waals surface area (Å²) in [7, 11) is -3.89. The van der Waals surface area contributed by atoms with Crippen LogP contribution in [0.3, 0.4) is 0 Å². The maximum atomic E-state index is 11.1. The molecule has 0 aliphatic carbocycles. The molecule has 1 aliphatic rings. The smallest absolute Gasteiger partial charge is 0.282 e. The summed E-state index contributed by atoms with van der Waals surface area (Å²) in [6.07, 6.45) is 0.264. The van der Waals surface area contributed by atoms with Crippen LogP contribution in [0.25, 0.3) is 0 Å². The van der Waals surface area contributed by atoms with Crippen LogP contribution in [0.1, 0.15) is 17.5 Å². The van der Waals surface area contributed by atoms with Crippen molar-refractivity contribution in [2.45, 2.75) is 17.7 Å². The number of nitrogens with zero attached hydrogens (tertiary/aromatic N) is 2. The van der Waals surface area contributed by atoms with Crippen LogP contribution < -0.4 is 9.88 Å². The van der Waals surface area contributed by atoms with Crippen LogP contribution in [0.5, 0.6) is 5.75 Å². The number of sulfonamides is 1. The molecule has 2 heterocycles. The van der Waals surface area contributed by atoms with Crippen LogP contribution in [0, 0.1) is 0 Å². The number of rotatable bonds is 2. The zero-order valence-corrected chi connectivity index (χ0v) is 10.0. The summed E-state index contributed by atoms with van der Waals surface area (Å²) in [6.45, 7) is 0. The number of nitrogens with one attached hydrogen (secondary N) is 1. The average molecular weight is 266 g/mol. The molecular weight excluding hydrogens is 256 g/mol. The predicted molar refractivity (Wildman–Crippen MR) is 61.3 cm³/mol. The Morgan fingerprint density at radius 1 is 1.39 bits per heavy atom. The zero-order chi connectivity index (χ0) is 12.8. The number of benzene rings is 1. The fourth-order valence-corrected chi connectivity index (χ4v) is 2.26. The first-order chi connectivity index (χ1) is 8.54. The van der Waals surface area contributed by atoms with Gasteiger partial charge in [0.1, 0.15) is 5.75 Å². The second-order valence-corrected chi connectivity index (χ2v) is 5.42. The summed E-state index contributed by atoms with van der Waals surface area (Å²) >= 11 is 0. The van der Waals surface area contributed by atoms with Crippen LogP contribution in [0.15, 0.2) is 29.4 Å². The van der Waals surface area contributed by atoms with E-state index >= 15 is 0 Å². The molecule has 1 atom stereocenters. The normalized spacial score (nSPS) is 18.4. The van der Waals surface area contributed by atoms with Crippen LogP contribution in [-0.2, 0) is 16.4 Å². The Kier molecular flexibility index (Phi) is 2.35. The second kappa shape index (κ2) is 3.79. The molecule has 1 aromatic carbocycles. The third-order valence-electron chi connectivity index (χ3n) is 2.69. The Labute approximate surface area is 103 Å². The van der Waals surface area contributed by atoms with Crippen molar-refractivity contribution in [1.29, 1.82) is 0 Å². The molecule has 3 N–H and O–H groups in total. The molecule has 3 rings (SSSR count). The van der Waals surface area contributed by atoms with E-state index in [2.05, 4.69) is 15.2 Å². The molecule has 0 saturated heterocycles. The van der Waals surface area contributed by atoms with Gasteiger partial charge in [-0.2, -0.15) is 4.98 Å². The molecule has 7 nitrogen and oxygen atoms in total. The molecule has 0 radical (unpaired) electrons. The quantitative estimate of drug-likeness (QED) is 0.802. The van der Waals surface area contributed by atoms with Gasteiger partial charge in [0.05, 0.1) is 0 Å². The van der Waals surface area contributed by atoms with Crippen molar-refractivity contribution in [2.24, 2.45) is 5.14 Å². The van der Waals surface area contributed by atoms with Gasteiger partial charge in [0.15, 0.2) is 11.9 Å². The molecule has 1 unspecified atom stereocenters. The Morgan fingerprint density at radius 2 is 2.17 bits per heavy atom. The van der Waals surface area contributed by atoms with E-state index in [-0.39, 0.29) is 6.10 Å². The predicted octanol–water partition coefficient (Wildman–Crippen LogP) is 0.128. The van der Waals surface area contributed by atoms with Gasteiger partial charge in [-0.05, 0) is 11.6 Å². The van der Waals surface area contributed by atoms with Crippen molar-refractivity contribution in [3.05, 3.63) is 35.7 Å². The van der Waals surface area contributed by atoms with Crippen molar-refractivity contribution in [3.63, 3.8) is 0 Å². The molecule has 0 bridgehead atoms. The van der Waals surface area contributed by atoms with Crippen LogP contribution >= 0.6 is 0 Å². The van der Waals surface area contributed by atoms with E-state index in [1.54, 1.807) is 0 Å². The molecule has 94 valence electrons. The average Bonchev–Trinajstić information content (AvgIpc) is 2.94. The number of fused-ring (bicyclic) bond motifs is 1. The Balaban J connectivity index is 1.89. The topological polar surface area (TPSA) is 111 Å². The van der Waals surface area contributed by atoms with Gasteiger partial charge in [-0.15, -0.1) is 5.10 Å². The number of ether oxygens (including phenoxy) is 1. The standard InChI is InChI=1S/C10H10N4O3S/c11-18(15,16)10-12-9(13-14-10)8-5-6-3-1-2-4-7(6)17-8/h1-4,8H,5H2,(H2,11,15,16)(H,12,13,14). The summed E-state index contributed by atoms with van der Waals surface area (Å²) < 4.78 is 27.8. The Hall–Kier alpha value is -1.93. The first-order valence-corrected chi connectivity index (χ1v) is 6.78. The number of aromatic nitrogens is 3. The van der Waals surface area contributed by atoms with Gasteiger partial charge in [-0.1, -0.05) is 18.2 Å². The molecule has 0 spiro atoms. The van der Waals surface area contributed by atoms with E-state index < -0.39 is 15.2 Å². The lowest BCUT2D eigenvalue weighted by Gasteiger charge is -2.05. The van der Waals surface area contributed by atoms with Gasteiger partial charge in [0, 0.05) is 6.42 Å². The number of para-hydroxylation sites is 1. The first kappa shape index (κ1) is 11.2. The number of hydrogen-bond acceptors (Lipinski definition) is 5. The van der Waals surface area contributed by atoms with Crippen molar-refractivity contribution in [1.82, 2.24) is 15.2 Å². The molecule has 1 aliphatic heterocycles. The van der Waals surface area contributed by atoms with E-state index in [1.165, 1.54) is 0 Å². The maximum Gasteiger partial charge on any atom is 0.282 e. The lowest BCUT2D eigenvalue weighted by atomic mass is 10.1. The first-order valence-electron chi connectivity index (χ1n) is 5.24. The maximum absolute atomic E-state index is 11.1. The summed E-state index contributed by atoms with van der Waals surface area (Å²) in [6, 6.07) is 7.59. The lowest BCUT2D eigenvalue weighted by Crippen LogP contribution is -2.14. The van der Waals surface area contributed by atoms with Gasteiger partial charge < -0.3 is 4.74 Å². The number of H-pyrrole nitrogens is 1. The van der Waals surface area contributed by atoms with Crippen molar-refractivity contribution < 1.29 is 13.2 Å². The highest BCUT2D eigenvalue weighted by Crippen LogP contribution is 2.34. The van der Waals surface area contributed by atoms with E-state index in [0.717, 1.165) is 11.3 Å². The number of hydrogen-bond donors (Lipinski definition) is 2. The largest absolute Gasteiger partial charge is 0.482 e. The third kappa shape index (κ3) is 1.85. The van der Waals surface area contributed by atoms with Crippen LogP contribution in [0.2, 0.25) is 0 Å². The van der Waals surface area contributed by atoms with E-state index in [0.29, 0.717) is 12.2 Å². The minimum Gasteiger partial charge on any atom is -0.482 e. The fourth-order valence-electron chi connectivity index (χ4n) is 1.86. The van der Waals surface area contributed by atoms with Gasteiger partial charge in [0.25, 0.3) is 15.2 Å². The Morgan fingerprint density at radius 3 is 2.83 bits per heavy atom. The molecule has 0 saturated carbocycles. The molecule has 18 heavy (non-hydrogen) atoms. The highest BCUT2D eigenvalue weighted by atomic mass is 32.2. The van der Waals surface area contributed by atoms with Crippen molar-refractivity contribution in [3.8, 4) is 5.75 Å². The van der Waals surface area contributed by atoms with Crippen molar-refractivity contribution in [2.75, 3.05) is 0 Å². The molecule has 2 aromatic rings. The van der Waals surface area contributed by atoms with Crippen LogP contribution in [-0.4, -0.2) is 23.6 Å². The van der Waals surface area contributed by atoms with Crippen LogP contribution in [0.4, 0.5) is 0 Å². The SMILES string of the molecule is NS(=O)(=O)c1n[nH]c(C2Cc3ccccc3O2)n1. The molecule has 0 fully saturated rings. The lowest BCUT2D eigenvalue weighted by molar-refractivity contribution is 0.228. The molecular formula is C10H10N4O3S. The third-order valence-corrected chi connectivity index (χ3v) is 3.38. The number of nitrogens with two attached hydrogens (primary N) is 1. The number of primary sulfonamides is 1. The van der Waals surface area contributed by atoms with Crippen molar-refractivity contribution >= 4 is 10.0 Å². The fraction of sp³-hybridized carbons (Fsp3) is 0.200. The molecule has 1 aromatic heterocycles. The second-order valence-electron chi connectivity index (χ2n) is 3.97. The number of aromatic amines is 1. The van der Waals surface area contributed by atoms with Gasteiger partial charge in [-0.25, -0.2) is 13.6 Å². The minimum atomic E-state index is -3.89. The van der Waals surface area contributed by atoms with E-state index in [4.69, 9.17) is 9.88 Å². The molecule has 0 amide bonds. The van der Waals surface area contributed by atoms with E-state index in [1.807, 2.05) is 24.3 Å². The van der Waals surface area contributed by atoms with Gasteiger partial charge >= 0.3 is 0 Å². The Bertz CT molecular complexity index is 670. The summed E-state index contributed by atoms with van der Waals surface area (Å²) in [5.74, 6) is 1.13. The van der Waals surface area contributed by atoms with Gasteiger partial charge in [-0.3, -0.25) is 5.10 Å². The zero-order valence-electron chi connectivity index (χ0n) is 9.20. The highest BCUT2D eigenvalue weighted by Gasteiger charge is 2.28. The highest BCUT2D eigenvalue weighted by molar-refractivity contribution is 7.89. The monoisotopic (exact) mass is 266 g/mol. The molecule has 8 heteroatoms. The van der Waals surface area contributed by atoms with E-state index in [9.17, 15) is 8.42 Å². The van der Waals surface area contributed by atoms with Gasteiger partial charge in [0.2, 0.25) is 0 Å². The summed E-state index contributed by atoms with van der Waals surface area (Å²) in [4.78, 5) is 3.84. The summed E-state index contributed by atoms with van der Waals surface area (Å²) in [5, 5.41) is 10.6. The minimum absolute atomic E-state index is 0.356.